The van der Waals surface area contributed by atoms with Crippen LogP contribution in [0.15, 0.2) is 58.4 Å². The average Bonchev–Trinajstić information content (AvgIpc) is 3.11. The number of fused-ring (bicyclic) bond motifs is 1. The monoisotopic (exact) mass is 487 g/mol. The molecule has 1 aliphatic carbocycles. The molecule has 2 aromatic rings. The van der Waals surface area contributed by atoms with Gasteiger partial charge in [0.2, 0.25) is 5.88 Å². The van der Waals surface area contributed by atoms with Crippen LogP contribution < -0.4 is 5.73 Å². The number of aromatic nitrogens is 2. The van der Waals surface area contributed by atoms with Crippen LogP contribution in [-0.4, -0.2) is 28.3 Å². The van der Waals surface area contributed by atoms with Gasteiger partial charge in [0.15, 0.2) is 0 Å². The van der Waals surface area contributed by atoms with Crippen molar-refractivity contribution in [1.29, 1.82) is 10.5 Å². The van der Waals surface area contributed by atoms with Crippen LogP contribution in [0.1, 0.15) is 54.5 Å². The van der Waals surface area contributed by atoms with Crippen molar-refractivity contribution in [3.8, 4) is 12.1 Å². The molecule has 1 atom stereocenters. The van der Waals surface area contributed by atoms with E-state index in [9.17, 15) is 15.3 Å². The number of nitriles is 2. The zero-order valence-corrected chi connectivity index (χ0v) is 20.2. The lowest BCUT2D eigenvalue weighted by Crippen LogP contribution is -2.27. The van der Waals surface area contributed by atoms with Crippen LogP contribution in [-0.2, 0) is 27.1 Å². The third-order valence-corrected chi connectivity index (χ3v) is 6.98. The number of hydrogen-bond donors (Lipinski definition) is 1. The minimum atomic E-state index is -0.771. The Morgan fingerprint density at radius 3 is 2.83 bits per heavy atom. The number of allylic oxidation sites excluding steroid dienone is 1. The predicted molar refractivity (Wildman–Crippen MR) is 129 cm³/mol. The molecule has 2 N–H and O–H groups in total. The van der Waals surface area contributed by atoms with Crippen LogP contribution in [0.2, 0.25) is 0 Å². The summed E-state index contributed by atoms with van der Waals surface area (Å²) in [6, 6.07) is 9.76. The maximum Gasteiger partial charge on any atom is 0.338 e. The van der Waals surface area contributed by atoms with Gasteiger partial charge in [-0.3, -0.25) is 4.98 Å². The molecule has 1 aliphatic heterocycles. The molecule has 0 aromatic carbocycles. The maximum atomic E-state index is 13.1. The molecule has 0 saturated carbocycles. The second-order valence-electron chi connectivity index (χ2n) is 8.18. The van der Waals surface area contributed by atoms with E-state index in [2.05, 4.69) is 17.1 Å². The molecule has 0 saturated heterocycles. The first-order valence-corrected chi connectivity index (χ1v) is 12.5. The van der Waals surface area contributed by atoms with E-state index in [0.29, 0.717) is 16.2 Å². The topological polar surface area (TPSA) is 135 Å². The first-order chi connectivity index (χ1) is 17.1. The van der Waals surface area contributed by atoms with Gasteiger partial charge < -0.3 is 15.2 Å². The molecule has 8 nitrogen and oxygen atoms in total. The highest BCUT2D eigenvalue weighted by Crippen LogP contribution is 2.41. The minimum Gasteiger partial charge on any atom is -0.463 e. The van der Waals surface area contributed by atoms with Gasteiger partial charge in [0, 0.05) is 18.1 Å². The summed E-state index contributed by atoms with van der Waals surface area (Å²) in [7, 11) is 0. The largest absolute Gasteiger partial charge is 0.463 e. The van der Waals surface area contributed by atoms with Crippen molar-refractivity contribution < 1.29 is 14.3 Å². The summed E-state index contributed by atoms with van der Waals surface area (Å²) in [5, 5.41) is 20.1. The molecule has 0 radical (unpaired) electrons. The highest BCUT2D eigenvalue weighted by molar-refractivity contribution is 7.99. The fraction of sp³-hybridized carbons (Fsp3) is 0.346. The minimum absolute atomic E-state index is 0.0691. The number of esters is 1. The lowest BCUT2D eigenvalue weighted by atomic mass is 9.84. The van der Waals surface area contributed by atoms with E-state index in [1.54, 1.807) is 31.5 Å². The predicted octanol–water partition coefficient (Wildman–Crippen LogP) is 4.03. The van der Waals surface area contributed by atoms with E-state index >= 15 is 0 Å². The molecular weight excluding hydrogens is 462 g/mol. The quantitative estimate of drug-likeness (QED) is 0.364. The van der Waals surface area contributed by atoms with Crippen molar-refractivity contribution in [3.63, 3.8) is 0 Å². The van der Waals surface area contributed by atoms with Gasteiger partial charge >= 0.3 is 5.97 Å². The summed E-state index contributed by atoms with van der Waals surface area (Å²) in [5.74, 6) is -0.968. The van der Waals surface area contributed by atoms with Crippen molar-refractivity contribution in [2.45, 2.75) is 50.0 Å². The number of thioether (sulfide) groups is 1. The Bertz CT molecular complexity index is 1270. The number of hydrogen-bond acceptors (Lipinski definition) is 9. The van der Waals surface area contributed by atoms with Gasteiger partial charge in [0.05, 0.1) is 29.4 Å². The standard InChI is InChI=1S/C26H25N5O3S/c1-2-33-26(32)23-21(34-24(29)19(13-28)22(23)17-8-6-10-30-14-17)15-35-25-18(12-27)11-16-7-4-3-5-9-20(16)31-25/h6,8,10-11,14,22H,2-5,7,9,15,29H2,1H3/t22-/m1/s1. The number of rotatable bonds is 6. The van der Waals surface area contributed by atoms with Crippen LogP contribution in [0.4, 0.5) is 0 Å². The Balaban J connectivity index is 1.74. The Labute approximate surface area is 208 Å². The Hall–Kier alpha value is -3.82. The zero-order chi connectivity index (χ0) is 24.8. The van der Waals surface area contributed by atoms with Crippen molar-refractivity contribution in [1.82, 2.24) is 9.97 Å². The van der Waals surface area contributed by atoms with Gasteiger partial charge in [-0.15, -0.1) is 0 Å². The third kappa shape index (κ3) is 5.16. The molecule has 178 valence electrons. The molecule has 0 fully saturated rings. The van der Waals surface area contributed by atoms with Crippen LogP contribution >= 0.6 is 11.8 Å². The van der Waals surface area contributed by atoms with Crippen molar-refractivity contribution >= 4 is 17.7 Å². The van der Waals surface area contributed by atoms with E-state index < -0.39 is 11.9 Å². The maximum absolute atomic E-state index is 13.1. The smallest absolute Gasteiger partial charge is 0.338 e. The van der Waals surface area contributed by atoms with E-state index in [1.165, 1.54) is 11.8 Å². The van der Waals surface area contributed by atoms with Crippen LogP contribution in [0.5, 0.6) is 0 Å². The number of nitrogens with two attached hydrogens (primary N) is 1. The van der Waals surface area contributed by atoms with Gasteiger partial charge in [0.25, 0.3) is 0 Å². The highest BCUT2D eigenvalue weighted by atomic mass is 32.2. The zero-order valence-electron chi connectivity index (χ0n) is 19.4. The van der Waals surface area contributed by atoms with Crippen LogP contribution in [0.3, 0.4) is 0 Å². The molecule has 35 heavy (non-hydrogen) atoms. The van der Waals surface area contributed by atoms with Crippen LogP contribution in [0.25, 0.3) is 0 Å². The summed E-state index contributed by atoms with van der Waals surface area (Å²) in [4.78, 5) is 22.0. The molecule has 0 spiro atoms. The Morgan fingerprint density at radius 1 is 1.29 bits per heavy atom. The molecule has 0 bridgehead atoms. The average molecular weight is 488 g/mol. The molecular formula is C26H25N5O3S. The summed E-state index contributed by atoms with van der Waals surface area (Å²) >= 11 is 1.30. The van der Waals surface area contributed by atoms with Gasteiger partial charge in [-0.25, -0.2) is 9.78 Å². The lowest BCUT2D eigenvalue weighted by Gasteiger charge is -2.27. The van der Waals surface area contributed by atoms with E-state index in [1.807, 2.05) is 6.07 Å². The second kappa shape index (κ2) is 11.1. The molecule has 0 amide bonds. The molecule has 4 rings (SSSR count). The summed E-state index contributed by atoms with van der Waals surface area (Å²) in [6.45, 7) is 1.87. The number of carbonyl (C=O) groups excluding carboxylic acids is 1. The summed E-state index contributed by atoms with van der Waals surface area (Å²) < 4.78 is 11.1. The van der Waals surface area contributed by atoms with Gasteiger partial charge in [-0.1, -0.05) is 24.2 Å². The van der Waals surface area contributed by atoms with Gasteiger partial charge in [-0.05, 0) is 55.9 Å². The fourth-order valence-corrected chi connectivity index (χ4v) is 5.27. The fourth-order valence-electron chi connectivity index (χ4n) is 4.35. The Morgan fingerprint density at radius 2 is 2.11 bits per heavy atom. The third-order valence-electron chi connectivity index (χ3n) is 5.99. The molecule has 3 heterocycles. The number of aryl methyl sites for hydroxylation is 2. The van der Waals surface area contributed by atoms with Gasteiger partial charge in [-0.2, -0.15) is 10.5 Å². The van der Waals surface area contributed by atoms with E-state index in [-0.39, 0.29) is 35.1 Å². The van der Waals surface area contributed by atoms with Crippen molar-refractivity contribution in [3.05, 3.63) is 75.8 Å². The van der Waals surface area contributed by atoms with Gasteiger partial charge in [0.1, 0.15) is 28.5 Å². The van der Waals surface area contributed by atoms with E-state index in [4.69, 9.17) is 20.2 Å². The first kappa shape index (κ1) is 24.3. The molecule has 9 heteroatoms. The lowest BCUT2D eigenvalue weighted by molar-refractivity contribution is -0.139. The number of nitrogens with zero attached hydrogens (tertiary/aromatic N) is 4. The number of ether oxygens (including phenoxy) is 2. The highest BCUT2D eigenvalue weighted by Gasteiger charge is 2.38. The SMILES string of the molecule is CCOC(=O)C1=C(CSc2nc3c(cc2C#N)CCCCC3)OC(N)=C(C#N)[C@H]1c1cccnc1. The van der Waals surface area contributed by atoms with Crippen LogP contribution in [0, 0.1) is 22.7 Å². The van der Waals surface area contributed by atoms with Crippen molar-refractivity contribution in [2.24, 2.45) is 5.73 Å². The second-order valence-corrected chi connectivity index (χ2v) is 9.14. The first-order valence-electron chi connectivity index (χ1n) is 11.5. The summed E-state index contributed by atoms with van der Waals surface area (Å²) in [6.07, 6.45) is 8.32. The number of carbonyl (C=O) groups is 1. The van der Waals surface area contributed by atoms with Crippen molar-refractivity contribution in [2.75, 3.05) is 12.4 Å². The summed E-state index contributed by atoms with van der Waals surface area (Å²) in [5.41, 5.74) is 9.72. The normalized spacial score (nSPS) is 17.5. The van der Waals surface area contributed by atoms with E-state index in [0.717, 1.165) is 43.4 Å². The molecule has 0 unspecified atom stereocenters. The molecule has 2 aliphatic rings. The number of pyridine rings is 2. The Kier molecular flexibility index (Phi) is 7.69. The molecule has 2 aromatic heterocycles.